The molecule has 1 unspecified atom stereocenters. The molecule has 0 aromatic carbocycles. The molecule has 1 amide bonds. The molecule has 0 rings (SSSR count). The second-order valence-electron chi connectivity index (χ2n) is 2.40. The summed E-state index contributed by atoms with van der Waals surface area (Å²) < 4.78 is 4.85. The van der Waals surface area contributed by atoms with Crippen molar-refractivity contribution in [2.75, 3.05) is 13.7 Å². The molecule has 0 aliphatic carbocycles. The average molecular weight is 157 g/mol. The number of hydrogen-bond acceptors (Lipinski definition) is 2. The summed E-state index contributed by atoms with van der Waals surface area (Å²) in [5.74, 6) is -0.131. The van der Waals surface area contributed by atoms with Crippen molar-refractivity contribution in [3.8, 4) is 0 Å². The van der Waals surface area contributed by atoms with Crippen LogP contribution in [0.25, 0.3) is 0 Å². The summed E-state index contributed by atoms with van der Waals surface area (Å²) in [4.78, 5) is 10.7. The Morgan fingerprint density at radius 2 is 2.45 bits per heavy atom. The second kappa shape index (κ2) is 5.92. The Hall–Kier alpha value is -0.830. The van der Waals surface area contributed by atoms with Crippen molar-refractivity contribution < 1.29 is 9.53 Å². The Balaban J connectivity index is 3.43. The summed E-state index contributed by atoms with van der Waals surface area (Å²) in [6.07, 6.45) is 2.10. The predicted molar refractivity (Wildman–Crippen MR) is 44.3 cm³/mol. The van der Waals surface area contributed by atoms with Gasteiger partial charge in [0.25, 0.3) is 0 Å². The highest BCUT2D eigenvalue weighted by Gasteiger charge is 2.02. The Kier molecular flexibility index (Phi) is 5.47. The fourth-order valence-electron chi connectivity index (χ4n) is 0.669. The molecule has 0 fully saturated rings. The van der Waals surface area contributed by atoms with Crippen LogP contribution in [0.5, 0.6) is 0 Å². The van der Waals surface area contributed by atoms with Crippen LogP contribution in [-0.2, 0) is 9.53 Å². The lowest BCUT2D eigenvalue weighted by molar-refractivity contribution is -0.117. The predicted octanol–water partition coefficient (Wildman–Crippen LogP) is 0.714. The minimum atomic E-state index is -0.131. The van der Waals surface area contributed by atoms with E-state index in [1.54, 1.807) is 7.11 Å². The van der Waals surface area contributed by atoms with Crippen LogP contribution in [0, 0.1) is 0 Å². The van der Waals surface area contributed by atoms with E-state index in [0.29, 0.717) is 6.61 Å². The fourth-order valence-corrected chi connectivity index (χ4v) is 0.669. The molecular formula is C8H15NO2. The van der Waals surface area contributed by atoms with Crippen molar-refractivity contribution in [1.82, 2.24) is 5.32 Å². The van der Waals surface area contributed by atoms with Gasteiger partial charge >= 0.3 is 0 Å². The molecule has 0 heterocycles. The van der Waals surface area contributed by atoms with Gasteiger partial charge in [-0.05, 0) is 19.4 Å². The first-order chi connectivity index (χ1) is 5.20. The maximum Gasteiger partial charge on any atom is 0.243 e. The van der Waals surface area contributed by atoms with Gasteiger partial charge in [-0.3, -0.25) is 4.79 Å². The highest BCUT2D eigenvalue weighted by molar-refractivity contribution is 5.87. The maximum atomic E-state index is 10.7. The van der Waals surface area contributed by atoms with Gasteiger partial charge in [0.2, 0.25) is 5.91 Å². The van der Waals surface area contributed by atoms with E-state index < -0.39 is 0 Å². The van der Waals surface area contributed by atoms with E-state index in [-0.39, 0.29) is 11.9 Å². The number of hydrogen-bond donors (Lipinski definition) is 1. The van der Waals surface area contributed by atoms with Gasteiger partial charge in [-0.15, -0.1) is 0 Å². The lowest BCUT2D eigenvalue weighted by Crippen LogP contribution is -2.31. The lowest BCUT2D eigenvalue weighted by Gasteiger charge is -2.10. The van der Waals surface area contributed by atoms with Crippen LogP contribution < -0.4 is 5.32 Å². The first-order valence-electron chi connectivity index (χ1n) is 3.62. The van der Waals surface area contributed by atoms with Crippen molar-refractivity contribution in [3.63, 3.8) is 0 Å². The molecule has 11 heavy (non-hydrogen) atoms. The minimum absolute atomic E-state index is 0.131. The summed E-state index contributed by atoms with van der Waals surface area (Å²) in [7, 11) is 1.64. The number of methoxy groups -OCH3 is 1. The number of rotatable bonds is 5. The number of nitrogens with one attached hydrogen (secondary N) is 1. The van der Waals surface area contributed by atoms with Crippen molar-refractivity contribution in [3.05, 3.63) is 12.7 Å². The van der Waals surface area contributed by atoms with Crippen LogP contribution >= 0.6 is 0 Å². The number of carbonyl (C=O) groups is 1. The normalized spacial score (nSPS) is 12.2. The third-order valence-corrected chi connectivity index (χ3v) is 1.33. The van der Waals surface area contributed by atoms with Crippen LogP contribution in [0.4, 0.5) is 0 Å². The number of carbonyl (C=O) groups excluding carboxylic acids is 1. The van der Waals surface area contributed by atoms with E-state index in [1.807, 2.05) is 6.92 Å². The van der Waals surface area contributed by atoms with E-state index in [4.69, 9.17) is 4.74 Å². The lowest BCUT2D eigenvalue weighted by atomic mass is 10.2. The van der Waals surface area contributed by atoms with Gasteiger partial charge in [0.05, 0.1) is 0 Å². The zero-order chi connectivity index (χ0) is 8.69. The smallest absolute Gasteiger partial charge is 0.243 e. The van der Waals surface area contributed by atoms with E-state index in [0.717, 1.165) is 6.42 Å². The van der Waals surface area contributed by atoms with Crippen LogP contribution in [-0.4, -0.2) is 25.7 Å². The molecule has 1 N–H and O–H groups in total. The highest BCUT2D eigenvalue weighted by Crippen LogP contribution is 1.89. The first-order valence-corrected chi connectivity index (χ1v) is 3.62. The summed E-state index contributed by atoms with van der Waals surface area (Å²) in [5, 5.41) is 2.73. The Morgan fingerprint density at radius 1 is 1.82 bits per heavy atom. The summed E-state index contributed by atoms with van der Waals surface area (Å²) >= 11 is 0. The zero-order valence-corrected chi connectivity index (χ0v) is 7.09. The van der Waals surface area contributed by atoms with E-state index in [9.17, 15) is 4.79 Å². The molecule has 0 saturated carbocycles. The zero-order valence-electron chi connectivity index (χ0n) is 7.09. The molecule has 64 valence electrons. The molecule has 0 aliphatic heterocycles. The van der Waals surface area contributed by atoms with Gasteiger partial charge in [-0.2, -0.15) is 0 Å². The molecule has 3 nitrogen and oxygen atoms in total. The Labute approximate surface area is 67.4 Å². The molecule has 0 saturated heterocycles. The number of amides is 1. The fraction of sp³-hybridized carbons (Fsp3) is 0.625. The molecule has 0 bridgehead atoms. The minimum Gasteiger partial charge on any atom is -0.385 e. The third kappa shape index (κ3) is 5.61. The average Bonchev–Trinajstić information content (AvgIpc) is 2.00. The largest absolute Gasteiger partial charge is 0.385 e. The van der Waals surface area contributed by atoms with Crippen molar-refractivity contribution in [1.29, 1.82) is 0 Å². The quantitative estimate of drug-likeness (QED) is 0.597. The highest BCUT2D eigenvalue weighted by atomic mass is 16.5. The first kappa shape index (κ1) is 10.2. The Morgan fingerprint density at radius 3 is 2.91 bits per heavy atom. The van der Waals surface area contributed by atoms with Crippen LogP contribution in [0.2, 0.25) is 0 Å². The van der Waals surface area contributed by atoms with Crippen LogP contribution in [0.3, 0.4) is 0 Å². The molecule has 0 aromatic rings. The second-order valence-corrected chi connectivity index (χ2v) is 2.40. The summed E-state index contributed by atoms with van der Waals surface area (Å²) in [5.41, 5.74) is 0. The van der Waals surface area contributed by atoms with Crippen LogP contribution in [0.1, 0.15) is 13.3 Å². The molecular weight excluding hydrogens is 142 g/mol. The van der Waals surface area contributed by atoms with Gasteiger partial charge in [-0.25, -0.2) is 0 Å². The van der Waals surface area contributed by atoms with Crippen molar-refractivity contribution in [2.45, 2.75) is 19.4 Å². The van der Waals surface area contributed by atoms with Gasteiger partial charge in [-0.1, -0.05) is 6.58 Å². The molecule has 0 aromatic heterocycles. The SMILES string of the molecule is C=CC(=O)NC(C)CCOC. The van der Waals surface area contributed by atoms with E-state index >= 15 is 0 Å². The van der Waals surface area contributed by atoms with E-state index in [1.165, 1.54) is 6.08 Å². The molecule has 0 spiro atoms. The van der Waals surface area contributed by atoms with Crippen molar-refractivity contribution in [2.24, 2.45) is 0 Å². The number of ether oxygens (including phenoxy) is 1. The van der Waals surface area contributed by atoms with Gasteiger partial charge < -0.3 is 10.1 Å². The van der Waals surface area contributed by atoms with Crippen molar-refractivity contribution >= 4 is 5.91 Å². The maximum absolute atomic E-state index is 10.7. The Bertz CT molecular complexity index is 134. The molecule has 3 heteroatoms. The van der Waals surface area contributed by atoms with Gasteiger partial charge in [0, 0.05) is 19.8 Å². The summed E-state index contributed by atoms with van der Waals surface area (Å²) in [6.45, 7) is 5.95. The molecule has 0 aliphatic rings. The summed E-state index contributed by atoms with van der Waals surface area (Å²) in [6, 6.07) is 0.153. The monoisotopic (exact) mass is 157 g/mol. The van der Waals surface area contributed by atoms with Crippen LogP contribution in [0.15, 0.2) is 12.7 Å². The molecule has 1 atom stereocenters. The van der Waals surface area contributed by atoms with E-state index in [2.05, 4.69) is 11.9 Å². The van der Waals surface area contributed by atoms with Gasteiger partial charge in [0.15, 0.2) is 0 Å². The standard InChI is InChI=1S/C8H15NO2/c1-4-8(10)9-7(2)5-6-11-3/h4,7H,1,5-6H2,2-3H3,(H,9,10). The third-order valence-electron chi connectivity index (χ3n) is 1.33. The van der Waals surface area contributed by atoms with Gasteiger partial charge in [0.1, 0.15) is 0 Å². The topological polar surface area (TPSA) is 38.3 Å². The molecule has 0 radical (unpaired) electrons.